The van der Waals surface area contributed by atoms with Crippen LogP contribution in [0.2, 0.25) is 0 Å². The smallest absolute Gasteiger partial charge is 0.00604 e. The Balaban J connectivity index is 2.86. The highest BCUT2D eigenvalue weighted by molar-refractivity contribution is 7.80. The first-order chi connectivity index (χ1) is 8.19. The van der Waals surface area contributed by atoms with Crippen LogP contribution >= 0.6 is 12.6 Å². The summed E-state index contributed by atoms with van der Waals surface area (Å²) in [6.45, 7) is 6.62. The van der Waals surface area contributed by atoms with Crippen molar-refractivity contribution < 1.29 is 0 Å². The van der Waals surface area contributed by atoms with Crippen molar-refractivity contribution in [2.45, 2.75) is 52.9 Å². The Morgan fingerprint density at radius 1 is 1.35 bits per heavy atom. The fourth-order valence-corrected chi connectivity index (χ4v) is 2.98. The van der Waals surface area contributed by atoms with Gasteiger partial charge in [-0.2, -0.15) is 12.6 Å². The number of thiol groups is 1. The Kier molecular flexibility index (Phi) is 6.72. The molecule has 0 fully saturated rings. The van der Waals surface area contributed by atoms with E-state index in [1.165, 1.54) is 37.7 Å². The Morgan fingerprint density at radius 2 is 2.06 bits per heavy atom. The molecule has 0 amide bonds. The fourth-order valence-electron chi connectivity index (χ4n) is 2.71. The molecular formula is C16H26S. The predicted octanol–water partition coefficient (Wildman–Crippen LogP) is 5.34. The molecule has 1 heteroatoms. The SMILES string of the molecule is C/C=C\C(C)/C=C(/C)C1=C(CCS)CCCC1. The Morgan fingerprint density at radius 3 is 2.71 bits per heavy atom. The van der Waals surface area contributed by atoms with E-state index in [2.05, 4.69) is 51.6 Å². The second kappa shape index (κ2) is 7.81. The average Bonchev–Trinajstić information content (AvgIpc) is 2.30. The van der Waals surface area contributed by atoms with Crippen LogP contribution in [0, 0.1) is 5.92 Å². The zero-order chi connectivity index (χ0) is 12.7. The number of rotatable bonds is 5. The van der Waals surface area contributed by atoms with Crippen molar-refractivity contribution in [2.24, 2.45) is 5.92 Å². The first-order valence-electron chi connectivity index (χ1n) is 6.82. The maximum absolute atomic E-state index is 4.38. The molecule has 1 aliphatic carbocycles. The lowest BCUT2D eigenvalue weighted by atomic mass is 9.85. The molecule has 0 radical (unpaired) electrons. The first-order valence-corrected chi connectivity index (χ1v) is 7.45. The van der Waals surface area contributed by atoms with Crippen LogP contribution in [-0.2, 0) is 0 Å². The third-order valence-corrected chi connectivity index (χ3v) is 3.70. The summed E-state index contributed by atoms with van der Waals surface area (Å²) >= 11 is 4.38. The lowest BCUT2D eigenvalue weighted by molar-refractivity contribution is 0.660. The van der Waals surface area contributed by atoms with Crippen LogP contribution in [0.15, 0.2) is 34.9 Å². The maximum Gasteiger partial charge on any atom is -0.00604 e. The second-order valence-corrected chi connectivity index (χ2v) is 5.44. The Bertz CT molecular complexity index is 320. The third-order valence-electron chi connectivity index (χ3n) is 3.48. The van der Waals surface area contributed by atoms with Crippen molar-refractivity contribution in [1.29, 1.82) is 0 Å². The van der Waals surface area contributed by atoms with Gasteiger partial charge in [-0.25, -0.2) is 0 Å². The molecule has 0 nitrogen and oxygen atoms in total. The van der Waals surface area contributed by atoms with Crippen LogP contribution < -0.4 is 0 Å². The first kappa shape index (κ1) is 14.6. The molecule has 0 saturated carbocycles. The van der Waals surface area contributed by atoms with Crippen molar-refractivity contribution in [3.05, 3.63) is 34.9 Å². The Hall–Kier alpha value is -0.430. The van der Waals surface area contributed by atoms with Crippen molar-refractivity contribution in [2.75, 3.05) is 5.75 Å². The van der Waals surface area contributed by atoms with E-state index in [4.69, 9.17) is 0 Å². The van der Waals surface area contributed by atoms with Gasteiger partial charge < -0.3 is 0 Å². The van der Waals surface area contributed by atoms with Crippen molar-refractivity contribution >= 4 is 12.6 Å². The van der Waals surface area contributed by atoms with E-state index < -0.39 is 0 Å². The highest BCUT2D eigenvalue weighted by Gasteiger charge is 2.13. The van der Waals surface area contributed by atoms with Gasteiger partial charge in [0.05, 0.1) is 0 Å². The quantitative estimate of drug-likeness (QED) is 0.494. The van der Waals surface area contributed by atoms with E-state index in [0.29, 0.717) is 5.92 Å². The minimum Gasteiger partial charge on any atom is -0.179 e. The average molecular weight is 250 g/mol. The van der Waals surface area contributed by atoms with E-state index in [9.17, 15) is 0 Å². The van der Waals surface area contributed by atoms with Gasteiger partial charge in [-0.3, -0.25) is 0 Å². The van der Waals surface area contributed by atoms with Crippen LogP contribution in [0.25, 0.3) is 0 Å². The van der Waals surface area contributed by atoms with E-state index >= 15 is 0 Å². The molecule has 0 aromatic carbocycles. The van der Waals surface area contributed by atoms with E-state index in [1.54, 1.807) is 11.1 Å². The van der Waals surface area contributed by atoms with Gasteiger partial charge in [0.25, 0.3) is 0 Å². The molecule has 0 heterocycles. The zero-order valence-corrected chi connectivity index (χ0v) is 12.4. The number of allylic oxidation sites excluding steroid dienone is 6. The van der Waals surface area contributed by atoms with Crippen LogP contribution in [-0.4, -0.2) is 5.75 Å². The predicted molar refractivity (Wildman–Crippen MR) is 81.7 cm³/mol. The zero-order valence-electron chi connectivity index (χ0n) is 11.5. The molecule has 0 bridgehead atoms. The van der Waals surface area contributed by atoms with Gasteiger partial charge in [0.2, 0.25) is 0 Å². The number of hydrogen-bond acceptors (Lipinski definition) is 1. The van der Waals surface area contributed by atoms with Crippen molar-refractivity contribution in [3.63, 3.8) is 0 Å². The highest BCUT2D eigenvalue weighted by atomic mass is 32.1. The van der Waals surface area contributed by atoms with Crippen LogP contribution in [0.1, 0.15) is 52.9 Å². The standard InChI is InChI=1S/C16H26S/c1-4-7-13(2)12-14(3)16-9-6-5-8-15(16)10-11-17/h4,7,12-13,17H,5-6,8-11H2,1-3H3/b7-4-,14-12-. The van der Waals surface area contributed by atoms with Crippen LogP contribution in [0.5, 0.6) is 0 Å². The summed E-state index contributed by atoms with van der Waals surface area (Å²) in [6, 6.07) is 0. The van der Waals surface area contributed by atoms with Crippen LogP contribution in [0.3, 0.4) is 0 Å². The molecular weight excluding hydrogens is 224 g/mol. The molecule has 0 aromatic rings. The maximum atomic E-state index is 4.38. The molecule has 0 spiro atoms. The van der Waals surface area contributed by atoms with Gasteiger partial charge in [0.1, 0.15) is 0 Å². The summed E-state index contributed by atoms with van der Waals surface area (Å²) in [5.74, 6) is 1.53. The minimum absolute atomic E-state index is 0.548. The van der Waals surface area contributed by atoms with Crippen molar-refractivity contribution in [1.82, 2.24) is 0 Å². The Labute approximate surface area is 112 Å². The monoisotopic (exact) mass is 250 g/mol. The van der Waals surface area contributed by atoms with E-state index in [1.807, 2.05) is 0 Å². The molecule has 96 valence electrons. The minimum atomic E-state index is 0.548. The lowest BCUT2D eigenvalue weighted by Crippen LogP contribution is -2.03. The summed E-state index contributed by atoms with van der Waals surface area (Å²) in [6.07, 6.45) is 13.2. The molecule has 17 heavy (non-hydrogen) atoms. The highest BCUT2D eigenvalue weighted by Crippen LogP contribution is 2.32. The summed E-state index contributed by atoms with van der Waals surface area (Å²) in [7, 11) is 0. The third kappa shape index (κ3) is 4.75. The van der Waals surface area contributed by atoms with E-state index in [0.717, 1.165) is 5.75 Å². The summed E-state index contributed by atoms with van der Waals surface area (Å²) < 4.78 is 0. The molecule has 0 saturated heterocycles. The van der Waals surface area contributed by atoms with Gasteiger partial charge in [-0.05, 0) is 63.2 Å². The summed E-state index contributed by atoms with van der Waals surface area (Å²) in [5.41, 5.74) is 4.78. The van der Waals surface area contributed by atoms with Gasteiger partial charge in [0, 0.05) is 0 Å². The van der Waals surface area contributed by atoms with Gasteiger partial charge in [-0.1, -0.05) is 36.3 Å². The topological polar surface area (TPSA) is 0 Å². The molecule has 1 aliphatic rings. The normalized spacial score (nSPS) is 20.1. The molecule has 0 aliphatic heterocycles. The lowest BCUT2D eigenvalue weighted by Gasteiger charge is -2.21. The second-order valence-electron chi connectivity index (χ2n) is 5.00. The number of hydrogen-bond donors (Lipinski definition) is 1. The van der Waals surface area contributed by atoms with Gasteiger partial charge in [-0.15, -0.1) is 0 Å². The van der Waals surface area contributed by atoms with Gasteiger partial charge >= 0.3 is 0 Å². The van der Waals surface area contributed by atoms with Gasteiger partial charge in [0.15, 0.2) is 0 Å². The van der Waals surface area contributed by atoms with Crippen molar-refractivity contribution in [3.8, 4) is 0 Å². The van der Waals surface area contributed by atoms with Crippen LogP contribution in [0.4, 0.5) is 0 Å². The summed E-state index contributed by atoms with van der Waals surface area (Å²) in [4.78, 5) is 0. The molecule has 1 unspecified atom stereocenters. The summed E-state index contributed by atoms with van der Waals surface area (Å²) in [5, 5.41) is 0. The molecule has 0 N–H and O–H groups in total. The fraction of sp³-hybridized carbons (Fsp3) is 0.625. The molecule has 1 rings (SSSR count). The van der Waals surface area contributed by atoms with E-state index in [-0.39, 0.29) is 0 Å². The largest absolute Gasteiger partial charge is 0.179 e. The molecule has 1 atom stereocenters. The molecule has 0 aromatic heterocycles.